The molecule has 1 aromatic carbocycles. The molecule has 0 radical (unpaired) electrons. The van der Waals surface area contributed by atoms with Crippen LogP contribution >= 0.6 is 23.4 Å². The van der Waals surface area contributed by atoms with Gasteiger partial charge in [0.05, 0.1) is 5.25 Å². The van der Waals surface area contributed by atoms with E-state index >= 15 is 0 Å². The van der Waals surface area contributed by atoms with E-state index in [1.165, 1.54) is 18.4 Å². The fraction of sp³-hybridized carbons (Fsp3) is 0.471. The number of benzene rings is 1. The molecule has 2 nitrogen and oxygen atoms in total. The van der Waals surface area contributed by atoms with Crippen LogP contribution in [0.15, 0.2) is 40.8 Å². The van der Waals surface area contributed by atoms with Crippen molar-refractivity contribution in [1.82, 2.24) is 5.32 Å². The smallest absolute Gasteiger partial charge is 0.233 e. The van der Waals surface area contributed by atoms with E-state index in [1.807, 2.05) is 31.2 Å². The maximum Gasteiger partial charge on any atom is 0.233 e. The van der Waals surface area contributed by atoms with Crippen LogP contribution in [0, 0.1) is 0 Å². The third kappa shape index (κ3) is 5.40. The highest BCUT2D eigenvalue weighted by molar-refractivity contribution is 8.00. The summed E-state index contributed by atoms with van der Waals surface area (Å²) in [6.45, 7) is 2.75. The van der Waals surface area contributed by atoms with E-state index in [1.54, 1.807) is 11.8 Å². The summed E-state index contributed by atoms with van der Waals surface area (Å²) in [6.07, 6.45) is 7.90. The van der Waals surface area contributed by atoms with E-state index in [4.69, 9.17) is 11.6 Å². The molecule has 1 aliphatic carbocycles. The summed E-state index contributed by atoms with van der Waals surface area (Å²) in [4.78, 5) is 13.4. The van der Waals surface area contributed by atoms with E-state index in [0.717, 1.165) is 29.2 Å². The summed E-state index contributed by atoms with van der Waals surface area (Å²) < 4.78 is 0. The lowest BCUT2D eigenvalue weighted by molar-refractivity contribution is -0.120. The summed E-state index contributed by atoms with van der Waals surface area (Å²) in [5.41, 5.74) is 1.38. The highest BCUT2D eigenvalue weighted by Gasteiger charge is 2.18. The van der Waals surface area contributed by atoms with Gasteiger partial charge in [-0.05, 0) is 56.4 Å². The summed E-state index contributed by atoms with van der Waals surface area (Å²) >= 11 is 7.49. The highest BCUT2D eigenvalue weighted by atomic mass is 35.5. The SMILES string of the molecule is CCC(Sc1ccc(Cl)cc1)C(=O)NCC1=CCCCC1. The molecular formula is C17H22ClNOS. The second-order valence-electron chi connectivity index (χ2n) is 5.29. The van der Waals surface area contributed by atoms with Crippen molar-refractivity contribution < 1.29 is 4.79 Å². The maximum absolute atomic E-state index is 12.3. The quantitative estimate of drug-likeness (QED) is 0.600. The molecule has 0 spiro atoms. The lowest BCUT2D eigenvalue weighted by Crippen LogP contribution is -2.33. The standard InChI is InChI=1S/C17H22ClNOS/c1-2-16(21-15-10-8-14(18)9-11-15)17(20)19-12-13-6-4-3-5-7-13/h6,8-11,16H,2-5,7,12H2,1H3,(H,19,20). The van der Waals surface area contributed by atoms with Gasteiger partial charge < -0.3 is 5.32 Å². The van der Waals surface area contributed by atoms with Crippen molar-refractivity contribution in [2.75, 3.05) is 6.54 Å². The number of nitrogens with one attached hydrogen (secondary N) is 1. The first-order valence-electron chi connectivity index (χ1n) is 7.57. The van der Waals surface area contributed by atoms with Crippen LogP contribution in [0.4, 0.5) is 0 Å². The number of thioether (sulfide) groups is 1. The minimum Gasteiger partial charge on any atom is -0.351 e. The van der Waals surface area contributed by atoms with Crippen LogP contribution in [0.3, 0.4) is 0 Å². The molecule has 1 N–H and O–H groups in total. The van der Waals surface area contributed by atoms with Crippen LogP contribution in [0.1, 0.15) is 39.0 Å². The lowest BCUT2D eigenvalue weighted by atomic mass is 10.00. The van der Waals surface area contributed by atoms with Gasteiger partial charge in [0.2, 0.25) is 5.91 Å². The molecule has 0 saturated heterocycles. The Hall–Kier alpha value is -0.930. The van der Waals surface area contributed by atoms with Crippen LogP contribution in [0.25, 0.3) is 0 Å². The molecule has 4 heteroatoms. The third-order valence-electron chi connectivity index (χ3n) is 3.63. The zero-order chi connectivity index (χ0) is 15.1. The fourth-order valence-electron chi connectivity index (χ4n) is 2.38. The van der Waals surface area contributed by atoms with Gasteiger partial charge in [-0.1, -0.05) is 30.2 Å². The Morgan fingerprint density at radius 3 is 2.71 bits per heavy atom. The molecule has 1 unspecified atom stereocenters. The second kappa shape index (κ2) is 8.50. The first-order valence-corrected chi connectivity index (χ1v) is 8.82. The summed E-state index contributed by atoms with van der Waals surface area (Å²) in [7, 11) is 0. The number of amides is 1. The Balaban J connectivity index is 1.86. The Kier molecular flexibility index (Phi) is 6.65. The zero-order valence-corrected chi connectivity index (χ0v) is 14.0. The Labute approximate surface area is 136 Å². The van der Waals surface area contributed by atoms with Crippen molar-refractivity contribution in [3.63, 3.8) is 0 Å². The molecule has 0 bridgehead atoms. The monoisotopic (exact) mass is 323 g/mol. The topological polar surface area (TPSA) is 29.1 Å². The van der Waals surface area contributed by atoms with Gasteiger partial charge in [0.25, 0.3) is 0 Å². The lowest BCUT2D eigenvalue weighted by Gasteiger charge is -2.17. The average Bonchev–Trinajstić information content (AvgIpc) is 2.53. The van der Waals surface area contributed by atoms with Crippen LogP contribution in [-0.2, 0) is 4.79 Å². The maximum atomic E-state index is 12.3. The fourth-order valence-corrected chi connectivity index (χ4v) is 3.48. The molecule has 21 heavy (non-hydrogen) atoms. The van der Waals surface area contributed by atoms with E-state index in [2.05, 4.69) is 11.4 Å². The van der Waals surface area contributed by atoms with Crippen molar-refractivity contribution in [1.29, 1.82) is 0 Å². The van der Waals surface area contributed by atoms with Crippen molar-refractivity contribution in [2.24, 2.45) is 0 Å². The molecule has 2 rings (SSSR count). The van der Waals surface area contributed by atoms with Crippen molar-refractivity contribution in [2.45, 2.75) is 49.2 Å². The average molecular weight is 324 g/mol. The number of hydrogen-bond donors (Lipinski definition) is 1. The molecule has 0 fully saturated rings. The van der Waals surface area contributed by atoms with Gasteiger partial charge in [0, 0.05) is 16.5 Å². The van der Waals surface area contributed by atoms with E-state index in [-0.39, 0.29) is 11.2 Å². The number of carbonyl (C=O) groups is 1. The van der Waals surface area contributed by atoms with Gasteiger partial charge in [-0.3, -0.25) is 4.79 Å². The molecule has 1 aromatic rings. The van der Waals surface area contributed by atoms with Gasteiger partial charge in [-0.15, -0.1) is 11.8 Å². The van der Waals surface area contributed by atoms with E-state index < -0.39 is 0 Å². The van der Waals surface area contributed by atoms with E-state index in [9.17, 15) is 4.79 Å². The Bertz CT molecular complexity index is 498. The minimum absolute atomic E-state index is 0.0460. The Morgan fingerprint density at radius 2 is 2.10 bits per heavy atom. The molecule has 0 heterocycles. The molecule has 0 aliphatic heterocycles. The van der Waals surface area contributed by atoms with E-state index in [0.29, 0.717) is 6.54 Å². The van der Waals surface area contributed by atoms with Gasteiger partial charge in [-0.2, -0.15) is 0 Å². The zero-order valence-electron chi connectivity index (χ0n) is 12.4. The van der Waals surface area contributed by atoms with Gasteiger partial charge in [-0.25, -0.2) is 0 Å². The Morgan fingerprint density at radius 1 is 1.33 bits per heavy atom. The van der Waals surface area contributed by atoms with Crippen LogP contribution < -0.4 is 5.32 Å². The number of carbonyl (C=O) groups excluding carboxylic acids is 1. The highest BCUT2D eigenvalue weighted by Crippen LogP contribution is 2.27. The van der Waals surface area contributed by atoms with Crippen LogP contribution in [0.2, 0.25) is 5.02 Å². The normalized spacial score (nSPS) is 16.2. The molecule has 1 aliphatic rings. The van der Waals surface area contributed by atoms with Crippen LogP contribution in [-0.4, -0.2) is 17.7 Å². The predicted octanol–water partition coefficient (Wildman–Crippen LogP) is 4.83. The molecular weight excluding hydrogens is 302 g/mol. The van der Waals surface area contributed by atoms with Gasteiger partial charge in [0.1, 0.15) is 0 Å². The van der Waals surface area contributed by atoms with Crippen LogP contribution in [0.5, 0.6) is 0 Å². The summed E-state index contributed by atoms with van der Waals surface area (Å²) in [5.74, 6) is 0.129. The first kappa shape index (κ1) is 16.4. The predicted molar refractivity (Wildman–Crippen MR) is 90.9 cm³/mol. The van der Waals surface area contributed by atoms with Crippen molar-refractivity contribution in [3.8, 4) is 0 Å². The van der Waals surface area contributed by atoms with Gasteiger partial charge >= 0.3 is 0 Å². The molecule has 0 aromatic heterocycles. The number of halogens is 1. The largest absolute Gasteiger partial charge is 0.351 e. The number of hydrogen-bond acceptors (Lipinski definition) is 2. The second-order valence-corrected chi connectivity index (χ2v) is 7.01. The van der Waals surface area contributed by atoms with Crippen molar-refractivity contribution in [3.05, 3.63) is 40.9 Å². The molecule has 1 amide bonds. The van der Waals surface area contributed by atoms with Gasteiger partial charge in [0.15, 0.2) is 0 Å². The first-order chi connectivity index (χ1) is 10.2. The summed E-state index contributed by atoms with van der Waals surface area (Å²) in [5, 5.41) is 3.76. The summed E-state index contributed by atoms with van der Waals surface area (Å²) in [6, 6.07) is 7.65. The van der Waals surface area contributed by atoms with Crippen molar-refractivity contribution >= 4 is 29.3 Å². The molecule has 0 saturated carbocycles. The molecule has 1 atom stereocenters. The third-order valence-corrected chi connectivity index (χ3v) is 5.26. The number of allylic oxidation sites excluding steroid dienone is 1. The number of rotatable bonds is 6. The minimum atomic E-state index is -0.0460. The molecule has 114 valence electrons.